The zero-order valence-corrected chi connectivity index (χ0v) is 8.25. The third-order valence-corrected chi connectivity index (χ3v) is 1.74. The lowest BCUT2D eigenvalue weighted by Crippen LogP contribution is -2.37. The average molecular weight is 209 g/mol. The molecule has 1 aliphatic rings. The molecule has 0 saturated carbocycles. The van der Waals surface area contributed by atoms with E-state index in [9.17, 15) is 4.79 Å². The molecule has 4 nitrogen and oxygen atoms in total. The largest absolute Gasteiger partial charge is 0.433 e. The molecule has 2 unspecified atom stereocenters. The first-order valence-electron chi connectivity index (χ1n) is 4.21. The standard InChI is InChI=1S/C8H13ClO4/c1-6-4-11-5-8(12-6)13-7(10)2-3-9/h6,8H,2-5H2,1H3. The van der Waals surface area contributed by atoms with Gasteiger partial charge in [0.1, 0.15) is 6.61 Å². The van der Waals surface area contributed by atoms with E-state index in [1.807, 2.05) is 6.92 Å². The van der Waals surface area contributed by atoms with E-state index >= 15 is 0 Å². The maximum atomic E-state index is 11.0. The summed E-state index contributed by atoms with van der Waals surface area (Å²) in [6.45, 7) is 2.71. The van der Waals surface area contributed by atoms with E-state index in [0.29, 0.717) is 13.2 Å². The normalized spacial score (nSPS) is 28.5. The summed E-state index contributed by atoms with van der Waals surface area (Å²) < 4.78 is 15.4. The van der Waals surface area contributed by atoms with Crippen LogP contribution >= 0.6 is 11.6 Å². The van der Waals surface area contributed by atoms with Crippen molar-refractivity contribution in [3.8, 4) is 0 Å². The molecular formula is C8H13ClO4. The summed E-state index contributed by atoms with van der Waals surface area (Å²) in [6.07, 6.45) is -0.391. The van der Waals surface area contributed by atoms with Crippen molar-refractivity contribution in [1.82, 2.24) is 0 Å². The molecule has 1 heterocycles. The van der Waals surface area contributed by atoms with Crippen LogP contribution in [0.25, 0.3) is 0 Å². The maximum Gasteiger partial charge on any atom is 0.309 e. The second kappa shape index (κ2) is 5.42. The van der Waals surface area contributed by atoms with E-state index < -0.39 is 6.29 Å². The van der Waals surface area contributed by atoms with Crippen LogP contribution in [0.3, 0.4) is 0 Å². The molecule has 0 N–H and O–H groups in total. The molecule has 76 valence electrons. The summed E-state index contributed by atoms with van der Waals surface area (Å²) >= 11 is 5.37. The fourth-order valence-electron chi connectivity index (χ4n) is 1.01. The van der Waals surface area contributed by atoms with Gasteiger partial charge in [0.15, 0.2) is 0 Å². The van der Waals surface area contributed by atoms with Crippen LogP contribution in [0.1, 0.15) is 13.3 Å². The minimum absolute atomic E-state index is 0.0254. The second-order valence-electron chi connectivity index (χ2n) is 2.84. The fourth-order valence-corrected chi connectivity index (χ4v) is 1.17. The first kappa shape index (κ1) is 10.8. The number of halogens is 1. The van der Waals surface area contributed by atoms with Crippen LogP contribution < -0.4 is 0 Å². The average Bonchev–Trinajstić information content (AvgIpc) is 2.04. The Bertz CT molecular complexity index is 174. The fraction of sp³-hybridized carbons (Fsp3) is 0.875. The van der Waals surface area contributed by atoms with Gasteiger partial charge in [0, 0.05) is 5.88 Å². The van der Waals surface area contributed by atoms with Crippen LogP contribution in [-0.2, 0) is 19.0 Å². The molecule has 13 heavy (non-hydrogen) atoms. The predicted octanol–water partition coefficient (Wildman–Crippen LogP) is 0.920. The zero-order chi connectivity index (χ0) is 9.68. The Morgan fingerprint density at radius 3 is 3.00 bits per heavy atom. The monoisotopic (exact) mass is 208 g/mol. The summed E-state index contributed by atoms with van der Waals surface area (Å²) in [5, 5.41) is 0. The Balaban J connectivity index is 2.23. The van der Waals surface area contributed by atoms with Crippen molar-refractivity contribution >= 4 is 17.6 Å². The molecule has 0 bridgehead atoms. The van der Waals surface area contributed by atoms with Crippen LogP contribution in [-0.4, -0.2) is 37.5 Å². The third-order valence-electron chi connectivity index (χ3n) is 1.55. The summed E-state index contributed by atoms with van der Waals surface area (Å²) in [4.78, 5) is 11.0. The van der Waals surface area contributed by atoms with Gasteiger partial charge in [-0.05, 0) is 6.92 Å². The minimum Gasteiger partial charge on any atom is -0.433 e. The number of hydrogen-bond donors (Lipinski definition) is 0. The molecule has 0 aromatic heterocycles. The number of alkyl halides is 1. The van der Waals surface area contributed by atoms with E-state index in [2.05, 4.69) is 0 Å². The topological polar surface area (TPSA) is 44.8 Å². The van der Waals surface area contributed by atoms with Gasteiger partial charge in [0.25, 0.3) is 0 Å². The van der Waals surface area contributed by atoms with Crippen LogP contribution in [0.15, 0.2) is 0 Å². The van der Waals surface area contributed by atoms with Gasteiger partial charge >= 0.3 is 5.97 Å². The predicted molar refractivity (Wildman–Crippen MR) is 46.6 cm³/mol. The highest BCUT2D eigenvalue weighted by Crippen LogP contribution is 2.09. The molecule has 1 rings (SSSR count). The van der Waals surface area contributed by atoms with Gasteiger partial charge in [-0.15, -0.1) is 11.6 Å². The molecule has 0 radical (unpaired) electrons. The van der Waals surface area contributed by atoms with E-state index in [1.165, 1.54) is 0 Å². The van der Waals surface area contributed by atoms with Gasteiger partial charge in [-0.25, -0.2) is 0 Å². The van der Waals surface area contributed by atoms with Crippen molar-refractivity contribution in [2.75, 3.05) is 19.1 Å². The Hall–Kier alpha value is -0.320. The molecule has 0 aromatic rings. The second-order valence-corrected chi connectivity index (χ2v) is 3.22. The molecule has 1 saturated heterocycles. The van der Waals surface area contributed by atoms with E-state index in [-0.39, 0.29) is 24.4 Å². The molecule has 2 atom stereocenters. The molecule has 0 aliphatic carbocycles. The lowest BCUT2D eigenvalue weighted by atomic mass is 10.4. The molecule has 0 amide bonds. The van der Waals surface area contributed by atoms with Crippen molar-refractivity contribution in [1.29, 1.82) is 0 Å². The van der Waals surface area contributed by atoms with Crippen LogP contribution in [0.2, 0.25) is 0 Å². The van der Waals surface area contributed by atoms with Crippen LogP contribution in [0.4, 0.5) is 0 Å². The van der Waals surface area contributed by atoms with E-state index in [1.54, 1.807) is 0 Å². The molecule has 0 aromatic carbocycles. The number of carbonyl (C=O) groups is 1. The maximum absolute atomic E-state index is 11.0. The Morgan fingerprint density at radius 1 is 1.62 bits per heavy atom. The third kappa shape index (κ3) is 3.93. The summed E-state index contributed by atoms with van der Waals surface area (Å²) in [5.74, 6) is -0.0835. The van der Waals surface area contributed by atoms with Gasteiger partial charge < -0.3 is 14.2 Å². The lowest BCUT2D eigenvalue weighted by molar-refractivity contribution is -0.234. The minimum atomic E-state index is -0.570. The Morgan fingerprint density at radius 2 is 2.38 bits per heavy atom. The molecule has 5 heteroatoms. The highest BCUT2D eigenvalue weighted by molar-refractivity contribution is 6.18. The molecule has 1 aliphatic heterocycles. The SMILES string of the molecule is CC1COCC(OC(=O)CCCl)O1. The number of ether oxygens (including phenoxy) is 3. The van der Waals surface area contributed by atoms with Crippen molar-refractivity contribution < 1.29 is 19.0 Å². The molecular weight excluding hydrogens is 196 g/mol. The van der Waals surface area contributed by atoms with Crippen molar-refractivity contribution in [3.05, 3.63) is 0 Å². The number of rotatable bonds is 3. The number of esters is 1. The van der Waals surface area contributed by atoms with Crippen LogP contribution in [0.5, 0.6) is 0 Å². The summed E-state index contributed by atoms with van der Waals surface area (Å²) in [5.41, 5.74) is 0. The van der Waals surface area contributed by atoms with Gasteiger partial charge in [-0.1, -0.05) is 0 Å². The molecule has 0 spiro atoms. The van der Waals surface area contributed by atoms with E-state index in [0.717, 1.165) is 0 Å². The highest BCUT2D eigenvalue weighted by atomic mass is 35.5. The quantitative estimate of drug-likeness (QED) is 0.511. The lowest BCUT2D eigenvalue weighted by Gasteiger charge is -2.27. The first-order chi connectivity index (χ1) is 6.22. The van der Waals surface area contributed by atoms with Crippen molar-refractivity contribution in [2.24, 2.45) is 0 Å². The van der Waals surface area contributed by atoms with E-state index in [4.69, 9.17) is 25.8 Å². The van der Waals surface area contributed by atoms with Gasteiger partial charge in [-0.3, -0.25) is 4.79 Å². The number of hydrogen-bond acceptors (Lipinski definition) is 4. The van der Waals surface area contributed by atoms with Crippen molar-refractivity contribution in [3.63, 3.8) is 0 Å². The Kier molecular flexibility index (Phi) is 4.48. The number of carbonyl (C=O) groups excluding carboxylic acids is 1. The highest BCUT2D eigenvalue weighted by Gasteiger charge is 2.22. The first-order valence-corrected chi connectivity index (χ1v) is 4.74. The van der Waals surface area contributed by atoms with Gasteiger partial charge in [0.05, 0.1) is 19.1 Å². The van der Waals surface area contributed by atoms with Crippen molar-refractivity contribution in [2.45, 2.75) is 25.7 Å². The van der Waals surface area contributed by atoms with Gasteiger partial charge in [0.2, 0.25) is 6.29 Å². The molecule has 1 fully saturated rings. The zero-order valence-electron chi connectivity index (χ0n) is 7.49. The summed E-state index contributed by atoms with van der Waals surface area (Å²) in [7, 11) is 0. The summed E-state index contributed by atoms with van der Waals surface area (Å²) in [6, 6.07) is 0. The van der Waals surface area contributed by atoms with Crippen LogP contribution in [0, 0.1) is 0 Å². The Labute approximate surface area is 82.1 Å². The van der Waals surface area contributed by atoms with Gasteiger partial charge in [-0.2, -0.15) is 0 Å². The smallest absolute Gasteiger partial charge is 0.309 e.